The normalized spacial score (nSPS) is 23.5. The van der Waals surface area contributed by atoms with E-state index in [0.29, 0.717) is 11.0 Å². The van der Waals surface area contributed by atoms with Crippen LogP contribution in [0.1, 0.15) is 6.42 Å². The second-order valence-electron chi connectivity index (χ2n) is 2.85. The standard InChI is InChI=1S/C7H9ClN2OS/c8-7-9-6(4-12-7)10-2-1-5(11)3-10/h4-5,11H,1-3H2/t5-/m0/s1. The van der Waals surface area contributed by atoms with Gasteiger partial charge in [-0.2, -0.15) is 0 Å². The highest BCUT2D eigenvalue weighted by Gasteiger charge is 2.21. The number of aliphatic hydroxyl groups is 1. The van der Waals surface area contributed by atoms with Crippen LogP contribution in [0.25, 0.3) is 0 Å². The summed E-state index contributed by atoms with van der Waals surface area (Å²) in [7, 11) is 0. The minimum atomic E-state index is -0.203. The Bertz CT molecular complexity index is 278. The Morgan fingerprint density at radius 3 is 3.08 bits per heavy atom. The summed E-state index contributed by atoms with van der Waals surface area (Å²) in [6.45, 7) is 1.56. The molecule has 0 amide bonds. The predicted molar refractivity (Wildman–Crippen MR) is 50.0 cm³/mol. The topological polar surface area (TPSA) is 36.4 Å². The third kappa shape index (κ3) is 1.55. The van der Waals surface area contributed by atoms with E-state index in [2.05, 4.69) is 4.98 Å². The molecule has 0 spiro atoms. The highest BCUT2D eigenvalue weighted by atomic mass is 35.5. The Labute approximate surface area is 79.6 Å². The second-order valence-corrected chi connectivity index (χ2v) is 4.29. The summed E-state index contributed by atoms with van der Waals surface area (Å²) in [6.07, 6.45) is 0.625. The van der Waals surface area contributed by atoms with E-state index in [1.807, 2.05) is 10.3 Å². The summed E-state index contributed by atoms with van der Waals surface area (Å²) in [6, 6.07) is 0. The molecule has 0 unspecified atom stereocenters. The van der Waals surface area contributed by atoms with Crippen LogP contribution in [0.3, 0.4) is 0 Å². The number of nitrogens with zero attached hydrogens (tertiary/aromatic N) is 2. The smallest absolute Gasteiger partial charge is 0.185 e. The van der Waals surface area contributed by atoms with Gasteiger partial charge in [0.25, 0.3) is 0 Å². The minimum Gasteiger partial charge on any atom is -0.391 e. The third-order valence-corrected chi connectivity index (χ3v) is 2.92. The van der Waals surface area contributed by atoms with Gasteiger partial charge in [-0.3, -0.25) is 0 Å². The zero-order chi connectivity index (χ0) is 8.55. The fraction of sp³-hybridized carbons (Fsp3) is 0.571. The molecule has 0 aromatic carbocycles. The van der Waals surface area contributed by atoms with Gasteiger partial charge in [0, 0.05) is 18.5 Å². The van der Waals surface area contributed by atoms with Crippen LogP contribution in [-0.2, 0) is 0 Å². The highest BCUT2D eigenvalue weighted by molar-refractivity contribution is 7.14. The molecule has 1 aromatic heterocycles. The zero-order valence-corrected chi connectivity index (χ0v) is 7.98. The van der Waals surface area contributed by atoms with Crippen LogP contribution < -0.4 is 4.90 Å². The number of aliphatic hydroxyl groups excluding tert-OH is 1. The first kappa shape index (κ1) is 8.29. The lowest BCUT2D eigenvalue weighted by atomic mass is 10.3. The molecule has 3 nitrogen and oxygen atoms in total. The van der Waals surface area contributed by atoms with Gasteiger partial charge in [-0.1, -0.05) is 11.6 Å². The maximum absolute atomic E-state index is 9.27. The maximum atomic E-state index is 9.27. The van der Waals surface area contributed by atoms with Gasteiger partial charge in [0.15, 0.2) is 4.47 Å². The first-order chi connectivity index (χ1) is 5.75. The van der Waals surface area contributed by atoms with Crippen molar-refractivity contribution >= 4 is 28.8 Å². The van der Waals surface area contributed by atoms with Crippen molar-refractivity contribution in [2.75, 3.05) is 18.0 Å². The molecule has 1 atom stereocenters. The van der Waals surface area contributed by atoms with Crippen molar-refractivity contribution < 1.29 is 5.11 Å². The molecule has 1 aromatic rings. The third-order valence-electron chi connectivity index (χ3n) is 1.95. The Morgan fingerprint density at radius 2 is 2.58 bits per heavy atom. The van der Waals surface area contributed by atoms with Crippen LogP contribution >= 0.6 is 22.9 Å². The molecule has 0 saturated carbocycles. The van der Waals surface area contributed by atoms with E-state index >= 15 is 0 Å². The van der Waals surface area contributed by atoms with Crippen LogP contribution in [0.4, 0.5) is 5.82 Å². The van der Waals surface area contributed by atoms with Gasteiger partial charge in [-0.15, -0.1) is 11.3 Å². The highest BCUT2D eigenvalue weighted by Crippen LogP contribution is 2.24. The Balaban J connectivity index is 2.11. The first-order valence-electron chi connectivity index (χ1n) is 3.80. The lowest BCUT2D eigenvalue weighted by Gasteiger charge is -2.13. The van der Waals surface area contributed by atoms with Gasteiger partial charge in [-0.25, -0.2) is 4.98 Å². The summed E-state index contributed by atoms with van der Waals surface area (Å²) in [5.41, 5.74) is 0. The Hall–Kier alpha value is -0.320. The molecule has 2 heterocycles. The molecule has 0 radical (unpaired) electrons. The molecule has 1 N–H and O–H groups in total. The number of thiazole rings is 1. The van der Waals surface area contributed by atoms with Crippen LogP contribution in [0.2, 0.25) is 4.47 Å². The van der Waals surface area contributed by atoms with E-state index in [0.717, 1.165) is 18.8 Å². The number of rotatable bonds is 1. The summed E-state index contributed by atoms with van der Waals surface area (Å²) >= 11 is 7.12. The van der Waals surface area contributed by atoms with E-state index in [4.69, 9.17) is 11.6 Å². The van der Waals surface area contributed by atoms with Crippen LogP contribution in [-0.4, -0.2) is 29.3 Å². The average molecular weight is 205 g/mol. The predicted octanol–water partition coefficient (Wildman–Crippen LogP) is 1.37. The van der Waals surface area contributed by atoms with Crippen molar-refractivity contribution in [1.29, 1.82) is 0 Å². The fourth-order valence-corrected chi connectivity index (χ4v) is 2.11. The molecule has 1 aliphatic rings. The zero-order valence-electron chi connectivity index (χ0n) is 6.40. The molecule has 1 saturated heterocycles. The van der Waals surface area contributed by atoms with Gasteiger partial charge < -0.3 is 10.0 Å². The molecule has 1 fully saturated rings. The molecule has 12 heavy (non-hydrogen) atoms. The fourth-order valence-electron chi connectivity index (χ4n) is 1.34. The molecule has 5 heteroatoms. The van der Waals surface area contributed by atoms with Gasteiger partial charge in [0.1, 0.15) is 5.82 Å². The van der Waals surface area contributed by atoms with Gasteiger partial charge in [0.2, 0.25) is 0 Å². The number of anilines is 1. The lowest BCUT2D eigenvalue weighted by Crippen LogP contribution is -2.21. The summed E-state index contributed by atoms with van der Waals surface area (Å²) in [4.78, 5) is 6.17. The lowest BCUT2D eigenvalue weighted by molar-refractivity contribution is 0.198. The van der Waals surface area contributed by atoms with E-state index in [-0.39, 0.29) is 6.10 Å². The first-order valence-corrected chi connectivity index (χ1v) is 5.05. The van der Waals surface area contributed by atoms with Gasteiger partial charge in [0.05, 0.1) is 6.10 Å². The van der Waals surface area contributed by atoms with Crippen molar-refractivity contribution in [1.82, 2.24) is 4.98 Å². The second kappa shape index (κ2) is 3.20. The molecular formula is C7H9ClN2OS. The maximum Gasteiger partial charge on any atom is 0.185 e. The van der Waals surface area contributed by atoms with Gasteiger partial charge >= 0.3 is 0 Å². The van der Waals surface area contributed by atoms with Crippen molar-refractivity contribution in [3.05, 3.63) is 9.85 Å². The summed E-state index contributed by atoms with van der Waals surface area (Å²) < 4.78 is 0.561. The van der Waals surface area contributed by atoms with Crippen LogP contribution in [0.5, 0.6) is 0 Å². The summed E-state index contributed by atoms with van der Waals surface area (Å²) in [5, 5.41) is 11.2. The number of halogens is 1. The van der Waals surface area contributed by atoms with E-state index < -0.39 is 0 Å². The van der Waals surface area contributed by atoms with Crippen LogP contribution in [0, 0.1) is 0 Å². The number of hydrogen-bond acceptors (Lipinski definition) is 4. The van der Waals surface area contributed by atoms with Crippen molar-refractivity contribution in [3.8, 4) is 0 Å². The van der Waals surface area contributed by atoms with Crippen molar-refractivity contribution in [2.45, 2.75) is 12.5 Å². The van der Waals surface area contributed by atoms with E-state index in [1.54, 1.807) is 0 Å². The minimum absolute atomic E-state index is 0.203. The van der Waals surface area contributed by atoms with E-state index in [9.17, 15) is 5.11 Å². The molecule has 0 bridgehead atoms. The molecule has 0 aliphatic carbocycles. The van der Waals surface area contributed by atoms with Gasteiger partial charge in [-0.05, 0) is 6.42 Å². The summed E-state index contributed by atoms with van der Waals surface area (Å²) in [5.74, 6) is 0.890. The molecule has 1 aliphatic heterocycles. The number of hydrogen-bond donors (Lipinski definition) is 1. The molecule has 2 rings (SSSR count). The molecular weight excluding hydrogens is 196 g/mol. The molecule has 66 valence electrons. The van der Waals surface area contributed by atoms with E-state index in [1.165, 1.54) is 11.3 Å². The Kier molecular flexibility index (Phi) is 2.21. The average Bonchev–Trinajstić information content (AvgIpc) is 2.58. The van der Waals surface area contributed by atoms with Crippen LogP contribution in [0.15, 0.2) is 5.38 Å². The SMILES string of the molecule is O[C@H]1CCN(c2csc(Cl)n2)C1. The van der Waals surface area contributed by atoms with Crippen molar-refractivity contribution in [3.63, 3.8) is 0 Å². The quantitative estimate of drug-likeness (QED) is 0.751. The number of β-amino-alcohol motifs (C(OH)–C–C–N with tert-alkyl or cyclic N) is 1. The number of aromatic nitrogens is 1. The largest absolute Gasteiger partial charge is 0.391 e. The van der Waals surface area contributed by atoms with Crippen molar-refractivity contribution in [2.24, 2.45) is 0 Å². The monoisotopic (exact) mass is 204 g/mol. The Morgan fingerprint density at radius 1 is 1.75 bits per heavy atom.